The molecule has 3 aromatic rings. The third kappa shape index (κ3) is 4.23. The highest BCUT2D eigenvalue weighted by atomic mass is 32.2. The van der Waals surface area contributed by atoms with Gasteiger partial charge in [-0.2, -0.15) is 0 Å². The van der Waals surface area contributed by atoms with Crippen molar-refractivity contribution in [2.75, 3.05) is 0 Å². The molecule has 0 bridgehead atoms. The topological polar surface area (TPSA) is 57.8 Å². The number of aryl methyl sites for hydroxylation is 2. The van der Waals surface area contributed by atoms with E-state index in [1.165, 1.54) is 34.2 Å². The molecule has 0 aliphatic heterocycles. The average Bonchev–Trinajstić information content (AvgIpc) is 2.93. The Kier molecular flexibility index (Phi) is 5.33. The number of thiocarbonyl (C=S) groups is 1. The highest BCUT2D eigenvalue weighted by Gasteiger charge is 2.08. The van der Waals surface area contributed by atoms with Crippen LogP contribution in [0.5, 0.6) is 0 Å². The van der Waals surface area contributed by atoms with E-state index in [1.54, 1.807) is 0 Å². The lowest BCUT2D eigenvalue weighted by Crippen LogP contribution is -2.18. The van der Waals surface area contributed by atoms with Crippen LogP contribution in [-0.2, 0) is 12.3 Å². The van der Waals surface area contributed by atoms with Crippen molar-refractivity contribution in [3.05, 3.63) is 62.5 Å². The molecule has 0 radical (unpaired) electrons. The van der Waals surface area contributed by atoms with Crippen LogP contribution in [0.25, 0.3) is 10.2 Å². The maximum absolute atomic E-state index is 12.0. The van der Waals surface area contributed by atoms with E-state index in [2.05, 4.69) is 46.5 Å². The van der Waals surface area contributed by atoms with Gasteiger partial charge in [0.05, 0.1) is 11.1 Å². The van der Waals surface area contributed by atoms with Gasteiger partial charge in [0, 0.05) is 11.4 Å². The maximum Gasteiger partial charge on any atom is 0.259 e. The lowest BCUT2D eigenvalue weighted by Gasteiger charge is -2.07. The number of benzene rings is 1. The van der Waals surface area contributed by atoms with E-state index >= 15 is 0 Å². The zero-order valence-corrected chi connectivity index (χ0v) is 15.8. The number of aromatic nitrogens is 2. The first-order chi connectivity index (χ1) is 11.5. The molecular weight excluding hydrogens is 358 g/mol. The molecule has 2 N–H and O–H groups in total. The lowest BCUT2D eigenvalue weighted by molar-refractivity contribution is 0.938. The van der Waals surface area contributed by atoms with Gasteiger partial charge in [0.2, 0.25) is 0 Å². The van der Waals surface area contributed by atoms with Gasteiger partial charge in [-0.25, -0.2) is 4.98 Å². The van der Waals surface area contributed by atoms with Crippen molar-refractivity contribution >= 4 is 49.9 Å². The van der Waals surface area contributed by atoms with Gasteiger partial charge in [0.15, 0.2) is 0 Å². The summed E-state index contributed by atoms with van der Waals surface area (Å²) in [5, 5.41) is 3.88. The summed E-state index contributed by atoms with van der Waals surface area (Å²) in [7, 11) is 0. The number of fused-ring (bicyclic) bond motifs is 1. The fraction of sp³-hybridized carbons (Fsp3) is 0.235. The first kappa shape index (κ1) is 17.1. The minimum Gasteiger partial charge on any atom is -0.367 e. The molecule has 0 fully saturated rings. The van der Waals surface area contributed by atoms with E-state index in [1.807, 2.05) is 13.0 Å². The van der Waals surface area contributed by atoms with Gasteiger partial charge >= 0.3 is 0 Å². The van der Waals surface area contributed by atoms with Crippen LogP contribution in [0.4, 0.5) is 0 Å². The van der Waals surface area contributed by atoms with Crippen LogP contribution < -0.4 is 10.9 Å². The second kappa shape index (κ2) is 7.46. The number of H-pyrrole nitrogens is 1. The summed E-state index contributed by atoms with van der Waals surface area (Å²) in [6.45, 7) is 4.74. The van der Waals surface area contributed by atoms with Crippen LogP contribution in [0, 0.1) is 13.8 Å². The number of thioether (sulfide) groups is 1. The Morgan fingerprint density at radius 1 is 1.33 bits per heavy atom. The van der Waals surface area contributed by atoms with Gasteiger partial charge < -0.3 is 10.3 Å². The van der Waals surface area contributed by atoms with Gasteiger partial charge in [0.1, 0.15) is 15.0 Å². The molecule has 0 saturated carbocycles. The number of rotatable bonds is 4. The van der Waals surface area contributed by atoms with Gasteiger partial charge in [-0.05, 0) is 25.5 Å². The highest BCUT2D eigenvalue weighted by Crippen LogP contribution is 2.20. The summed E-state index contributed by atoms with van der Waals surface area (Å²) >= 11 is 8.35. The summed E-state index contributed by atoms with van der Waals surface area (Å²) in [5.41, 5.74) is 2.34. The Labute approximate surface area is 153 Å². The van der Waals surface area contributed by atoms with E-state index in [0.29, 0.717) is 27.8 Å². The van der Waals surface area contributed by atoms with Crippen LogP contribution >= 0.6 is 35.3 Å². The fourth-order valence-corrected chi connectivity index (χ4v) is 3.96. The Balaban J connectivity index is 1.58. The summed E-state index contributed by atoms with van der Waals surface area (Å²) < 4.78 is 0.695. The Hall–Kier alpha value is -1.70. The minimum absolute atomic E-state index is 0.0847. The predicted molar refractivity (Wildman–Crippen MR) is 107 cm³/mol. The van der Waals surface area contributed by atoms with E-state index in [0.717, 1.165) is 9.71 Å². The fourth-order valence-electron chi connectivity index (χ4n) is 2.23. The van der Waals surface area contributed by atoms with Crippen molar-refractivity contribution in [3.63, 3.8) is 0 Å². The number of hydrogen-bond donors (Lipinski definition) is 2. The van der Waals surface area contributed by atoms with Crippen molar-refractivity contribution in [1.82, 2.24) is 15.3 Å². The van der Waals surface area contributed by atoms with Crippen molar-refractivity contribution in [1.29, 1.82) is 0 Å². The number of hydrogen-bond acceptors (Lipinski definition) is 5. The third-order valence-electron chi connectivity index (χ3n) is 3.47. The first-order valence-electron chi connectivity index (χ1n) is 7.47. The quantitative estimate of drug-likeness (QED) is 0.677. The Morgan fingerprint density at radius 2 is 2.08 bits per heavy atom. The SMILES string of the molecule is Cc1ccc(CNC(=S)SCc2nc3sc(C)cc3c(=O)[nH]2)cc1. The summed E-state index contributed by atoms with van der Waals surface area (Å²) in [4.78, 5) is 21.3. The molecular formula is C17H17N3OS3. The number of nitrogens with one attached hydrogen (secondary N) is 2. The summed E-state index contributed by atoms with van der Waals surface area (Å²) in [5.74, 6) is 1.20. The minimum atomic E-state index is -0.0847. The standard InChI is InChI=1S/C17H17N3OS3/c1-10-3-5-12(6-4-10)8-18-17(22)23-9-14-19-15(21)13-7-11(2)24-16(13)20-14/h3-7H,8-9H2,1-2H3,(H,18,22)(H,19,20,21). The second-order valence-electron chi connectivity index (χ2n) is 5.50. The van der Waals surface area contributed by atoms with Crippen LogP contribution in [0.1, 0.15) is 21.8 Å². The predicted octanol–water partition coefficient (Wildman–Crippen LogP) is 3.91. The largest absolute Gasteiger partial charge is 0.367 e. The van der Waals surface area contributed by atoms with E-state index in [4.69, 9.17) is 12.2 Å². The molecule has 124 valence electrons. The normalized spacial score (nSPS) is 10.9. The van der Waals surface area contributed by atoms with Crippen molar-refractivity contribution < 1.29 is 0 Å². The molecule has 1 aromatic carbocycles. The zero-order valence-electron chi connectivity index (χ0n) is 13.4. The van der Waals surface area contributed by atoms with Crippen LogP contribution in [0.3, 0.4) is 0 Å². The Bertz CT molecular complexity index is 928. The molecule has 0 aliphatic carbocycles. The second-order valence-corrected chi connectivity index (χ2v) is 8.39. The van der Waals surface area contributed by atoms with Crippen molar-refractivity contribution in [2.45, 2.75) is 26.1 Å². The average molecular weight is 376 g/mol. The molecule has 3 rings (SSSR count). The zero-order chi connectivity index (χ0) is 17.1. The summed E-state index contributed by atoms with van der Waals surface area (Å²) in [6.07, 6.45) is 0. The first-order valence-corrected chi connectivity index (χ1v) is 9.68. The smallest absolute Gasteiger partial charge is 0.259 e. The number of aromatic amines is 1. The Morgan fingerprint density at radius 3 is 2.83 bits per heavy atom. The molecule has 0 amide bonds. The molecule has 2 heterocycles. The molecule has 0 saturated heterocycles. The van der Waals surface area contributed by atoms with Crippen molar-refractivity contribution in [2.24, 2.45) is 0 Å². The van der Waals surface area contributed by atoms with Gasteiger partial charge in [-0.3, -0.25) is 4.79 Å². The molecule has 24 heavy (non-hydrogen) atoms. The number of nitrogens with zero attached hydrogens (tertiary/aromatic N) is 1. The summed E-state index contributed by atoms with van der Waals surface area (Å²) in [6, 6.07) is 10.2. The van der Waals surface area contributed by atoms with Gasteiger partial charge in [0.25, 0.3) is 5.56 Å². The van der Waals surface area contributed by atoms with Gasteiger partial charge in [-0.15, -0.1) is 11.3 Å². The molecule has 0 atom stereocenters. The number of thiophene rings is 1. The van der Waals surface area contributed by atoms with Crippen LogP contribution in [0.2, 0.25) is 0 Å². The van der Waals surface area contributed by atoms with E-state index in [-0.39, 0.29) is 5.56 Å². The third-order valence-corrected chi connectivity index (χ3v) is 5.74. The molecule has 0 unspecified atom stereocenters. The van der Waals surface area contributed by atoms with Crippen LogP contribution in [0.15, 0.2) is 35.1 Å². The van der Waals surface area contributed by atoms with Crippen LogP contribution in [-0.4, -0.2) is 14.3 Å². The molecule has 4 nitrogen and oxygen atoms in total. The highest BCUT2D eigenvalue weighted by molar-refractivity contribution is 8.22. The molecule has 2 aromatic heterocycles. The molecule has 7 heteroatoms. The maximum atomic E-state index is 12.0. The monoisotopic (exact) mass is 375 g/mol. The van der Waals surface area contributed by atoms with E-state index in [9.17, 15) is 4.79 Å². The lowest BCUT2D eigenvalue weighted by atomic mass is 10.1. The molecule has 0 aliphatic rings. The molecule has 0 spiro atoms. The van der Waals surface area contributed by atoms with Crippen molar-refractivity contribution in [3.8, 4) is 0 Å². The van der Waals surface area contributed by atoms with E-state index < -0.39 is 0 Å². The van der Waals surface area contributed by atoms with Gasteiger partial charge in [-0.1, -0.05) is 53.8 Å².